The van der Waals surface area contributed by atoms with Crippen LogP contribution in [0.15, 0.2) is 53.5 Å². The van der Waals surface area contributed by atoms with Crippen molar-refractivity contribution in [1.82, 2.24) is 4.90 Å². The van der Waals surface area contributed by atoms with Crippen LogP contribution in [0, 0.1) is 11.8 Å². The Morgan fingerprint density at radius 2 is 1.87 bits per heavy atom. The van der Waals surface area contributed by atoms with Crippen LogP contribution in [0.1, 0.15) is 38.7 Å². The van der Waals surface area contributed by atoms with Crippen molar-refractivity contribution >= 4 is 23.5 Å². The van der Waals surface area contributed by atoms with Gasteiger partial charge in [0.1, 0.15) is 0 Å². The Morgan fingerprint density at radius 1 is 1.20 bits per heavy atom. The molecule has 1 saturated carbocycles. The quantitative estimate of drug-likeness (QED) is 0.698. The molecule has 30 heavy (non-hydrogen) atoms. The molecule has 2 aromatic carbocycles. The number of carbonyl (C=O) groups excluding carboxylic acids is 1. The summed E-state index contributed by atoms with van der Waals surface area (Å²) in [6.07, 6.45) is 2.54. The highest BCUT2D eigenvalue weighted by Crippen LogP contribution is 2.52. The van der Waals surface area contributed by atoms with Gasteiger partial charge in [0.2, 0.25) is 0 Å². The predicted molar refractivity (Wildman–Crippen MR) is 120 cm³/mol. The Kier molecular flexibility index (Phi) is 5.60. The standard InChI is InChI=1S/C24H28ClN3O2/c1-15(2)11-21(14-29)28-22(30)24(18-9-10-18,27-23(28)26)19-7-3-5-16(12-19)17-6-4-8-20(25)13-17/h3-8,12-13,15,18,21,29H,9-11,14H2,1-2H3,(H2,26,27)/t21-,24?/m0/s1. The van der Waals surface area contributed by atoms with E-state index in [4.69, 9.17) is 22.3 Å². The first-order valence-electron chi connectivity index (χ1n) is 10.5. The molecule has 1 heterocycles. The minimum atomic E-state index is -1.01. The average Bonchev–Trinajstić information content (AvgIpc) is 3.53. The van der Waals surface area contributed by atoms with Gasteiger partial charge in [-0.05, 0) is 66.0 Å². The van der Waals surface area contributed by atoms with E-state index < -0.39 is 5.54 Å². The van der Waals surface area contributed by atoms with Crippen LogP contribution in [0.3, 0.4) is 0 Å². The maximum absolute atomic E-state index is 13.8. The van der Waals surface area contributed by atoms with Gasteiger partial charge in [0.25, 0.3) is 5.91 Å². The fourth-order valence-electron chi connectivity index (χ4n) is 4.52. The van der Waals surface area contributed by atoms with Crippen molar-refractivity contribution in [2.45, 2.75) is 44.7 Å². The second kappa shape index (κ2) is 8.05. The first-order chi connectivity index (χ1) is 14.4. The number of benzene rings is 2. The molecule has 4 rings (SSSR count). The number of aliphatic imine (C=N–C) groups is 1. The highest BCUT2D eigenvalue weighted by molar-refractivity contribution is 6.30. The number of rotatable bonds is 7. The Hall–Kier alpha value is -2.37. The van der Waals surface area contributed by atoms with Crippen molar-refractivity contribution < 1.29 is 9.90 Å². The summed E-state index contributed by atoms with van der Waals surface area (Å²) in [5.41, 5.74) is 8.10. The number of hydrogen-bond acceptors (Lipinski definition) is 4. The van der Waals surface area contributed by atoms with Gasteiger partial charge in [-0.1, -0.05) is 55.8 Å². The molecule has 6 heteroatoms. The number of nitrogens with two attached hydrogens (primary N) is 1. The number of halogens is 1. The Bertz CT molecular complexity index is 986. The van der Waals surface area contributed by atoms with Crippen molar-refractivity contribution in [2.24, 2.45) is 22.6 Å². The number of hydrogen-bond donors (Lipinski definition) is 2. The monoisotopic (exact) mass is 425 g/mol. The highest BCUT2D eigenvalue weighted by Gasteiger charge is 2.59. The normalized spacial score (nSPS) is 22.5. The van der Waals surface area contributed by atoms with Gasteiger partial charge in [-0.15, -0.1) is 0 Å². The lowest BCUT2D eigenvalue weighted by Crippen LogP contribution is -2.51. The zero-order chi connectivity index (χ0) is 21.5. The molecule has 0 saturated heterocycles. The topological polar surface area (TPSA) is 78.9 Å². The summed E-state index contributed by atoms with van der Waals surface area (Å²) in [4.78, 5) is 20.1. The molecular weight excluding hydrogens is 398 g/mol. The Labute approximate surface area is 182 Å². The van der Waals surface area contributed by atoms with Crippen LogP contribution in [0.25, 0.3) is 11.1 Å². The van der Waals surface area contributed by atoms with Crippen LogP contribution in [0.2, 0.25) is 5.02 Å². The lowest BCUT2D eigenvalue weighted by Gasteiger charge is -2.31. The Balaban J connectivity index is 1.76. The number of carbonyl (C=O) groups is 1. The van der Waals surface area contributed by atoms with Crippen LogP contribution in [0.5, 0.6) is 0 Å². The lowest BCUT2D eigenvalue weighted by atomic mass is 9.83. The van der Waals surface area contributed by atoms with Crippen molar-refractivity contribution in [3.05, 3.63) is 59.1 Å². The van der Waals surface area contributed by atoms with Crippen LogP contribution in [-0.4, -0.2) is 34.5 Å². The van der Waals surface area contributed by atoms with Gasteiger partial charge in [0.05, 0.1) is 12.6 Å². The summed E-state index contributed by atoms with van der Waals surface area (Å²) < 4.78 is 0. The van der Waals surface area contributed by atoms with Crippen molar-refractivity contribution in [1.29, 1.82) is 0 Å². The third kappa shape index (κ3) is 3.61. The smallest absolute Gasteiger partial charge is 0.262 e. The molecule has 158 valence electrons. The molecule has 0 radical (unpaired) electrons. The summed E-state index contributed by atoms with van der Waals surface area (Å²) >= 11 is 6.18. The molecule has 0 aromatic heterocycles. The van der Waals surface area contributed by atoms with E-state index in [1.807, 2.05) is 48.5 Å². The van der Waals surface area contributed by atoms with E-state index in [9.17, 15) is 9.90 Å². The van der Waals surface area contributed by atoms with Gasteiger partial charge in [-0.25, -0.2) is 4.99 Å². The Morgan fingerprint density at radius 3 is 2.47 bits per heavy atom. The third-order valence-electron chi connectivity index (χ3n) is 6.03. The predicted octanol–water partition coefficient (Wildman–Crippen LogP) is 4.18. The molecule has 1 aliphatic carbocycles. The molecule has 2 aliphatic rings. The third-order valence-corrected chi connectivity index (χ3v) is 6.27. The maximum Gasteiger partial charge on any atom is 0.262 e. The van der Waals surface area contributed by atoms with E-state index in [1.165, 1.54) is 4.90 Å². The summed E-state index contributed by atoms with van der Waals surface area (Å²) in [6.45, 7) is 4.00. The van der Waals surface area contributed by atoms with E-state index in [0.717, 1.165) is 29.5 Å². The number of amides is 1. The van der Waals surface area contributed by atoms with Crippen molar-refractivity contribution in [3.63, 3.8) is 0 Å². The molecule has 2 aromatic rings. The van der Waals surface area contributed by atoms with Gasteiger partial charge in [0, 0.05) is 5.02 Å². The van der Waals surface area contributed by atoms with Gasteiger partial charge >= 0.3 is 0 Å². The molecule has 5 nitrogen and oxygen atoms in total. The highest BCUT2D eigenvalue weighted by atomic mass is 35.5. The largest absolute Gasteiger partial charge is 0.394 e. The molecule has 1 unspecified atom stereocenters. The molecule has 1 aliphatic heterocycles. The van der Waals surface area contributed by atoms with Crippen LogP contribution >= 0.6 is 11.6 Å². The number of guanidine groups is 1. The second-order valence-corrected chi connectivity index (χ2v) is 9.18. The van der Waals surface area contributed by atoms with Crippen molar-refractivity contribution in [3.8, 4) is 11.1 Å². The fourth-order valence-corrected chi connectivity index (χ4v) is 4.71. The molecule has 2 atom stereocenters. The molecule has 1 fully saturated rings. The number of aliphatic hydroxyl groups excluding tert-OH is 1. The summed E-state index contributed by atoms with van der Waals surface area (Å²) in [6, 6.07) is 15.3. The van der Waals surface area contributed by atoms with E-state index in [-0.39, 0.29) is 30.4 Å². The lowest BCUT2D eigenvalue weighted by molar-refractivity contribution is -0.134. The summed E-state index contributed by atoms with van der Waals surface area (Å²) in [5, 5.41) is 10.6. The van der Waals surface area contributed by atoms with Crippen LogP contribution in [-0.2, 0) is 10.3 Å². The number of aliphatic hydroxyl groups is 1. The van der Waals surface area contributed by atoms with Gasteiger partial charge < -0.3 is 10.8 Å². The van der Waals surface area contributed by atoms with Gasteiger partial charge in [0.15, 0.2) is 11.5 Å². The molecule has 0 bridgehead atoms. The minimum absolute atomic E-state index is 0.120. The molecule has 0 spiro atoms. The summed E-state index contributed by atoms with van der Waals surface area (Å²) in [5.74, 6) is 0.539. The van der Waals surface area contributed by atoms with Crippen molar-refractivity contribution in [2.75, 3.05) is 6.61 Å². The summed E-state index contributed by atoms with van der Waals surface area (Å²) in [7, 11) is 0. The van der Waals surface area contributed by atoms with Gasteiger partial charge in [-0.3, -0.25) is 9.69 Å². The van der Waals surface area contributed by atoms with E-state index in [2.05, 4.69) is 13.8 Å². The molecule has 3 N–H and O–H groups in total. The first kappa shape index (κ1) is 20.9. The zero-order valence-corrected chi connectivity index (χ0v) is 18.1. The average molecular weight is 426 g/mol. The first-order valence-corrected chi connectivity index (χ1v) is 10.9. The minimum Gasteiger partial charge on any atom is -0.394 e. The second-order valence-electron chi connectivity index (χ2n) is 8.74. The van der Waals surface area contributed by atoms with E-state index in [0.29, 0.717) is 17.4 Å². The van der Waals surface area contributed by atoms with Crippen LogP contribution < -0.4 is 5.73 Å². The fraction of sp³-hybridized carbons (Fsp3) is 0.417. The molecule has 1 amide bonds. The SMILES string of the molecule is CC(C)C[C@@H](CO)N1C(=O)C(c2cccc(-c3cccc(Cl)c3)c2)(C2CC2)N=C1N. The van der Waals surface area contributed by atoms with E-state index in [1.54, 1.807) is 0 Å². The molecular formula is C24H28ClN3O2. The maximum atomic E-state index is 13.8. The van der Waals surface area contributed by atoms with Crippen LogP contribution in [0.4, 0.5) is 0 Å². The van der Waals surface area contributed by atoms with Gasteiger partial charge in [-0.2, -0.15) is 0 Å². The van der Waals surface area contributed by atoms with E-state index >= 15 is 0 Å². The zero-order valence-electron chi connectivity index (χ0n) is 17.4. The number of nitrogens with zero attached hydrogens (tertiary/aromatic N) is 2.